The molecule has 15 nitrogen and oxygen atoms in total. The lowest BCUT2D eigenvalue weighted by molar-refractivity contribution is -0.394. The van der Waals surface area contributed by atoms with Crippen LogP contribution in [0.1, 0.15) is 20.7 Å². The van der Waals surface area contributed by atoms with Crippen LogP contribution in [0.5, 0.6) is 0 Å². The molecule has 0 saturated carbocycles. The standard InChI is InChI=1S/C20H12N6O9/c27-19(17-10-9-16(25(31)32)11-18(17)26(33)34)22-21-13-3-5-14(6-4-13)23-35-20(28)12-1-7-15(8-2-12)24(29)30/h1-11,23H. The molecule has 1 amide bonds. The minimum absolute atomic E-state index is 0.0763. The van der Waals surface area contributed by atoms with Gasteiger partial charge in [0.15, 0.2) is 0 Å². The van der Waals surface area contributed by atoms with E-state index in [2.05, 4.69) is 15.7 Å². The molecule has 0 aliphatic carbocycles. The minimum Gasteiger partial charge on any atom is -0.338 e. The van der Waals surface area contributed by atoms with Crippen molar-refractivity contribution in [2.24, 2.45) is 10.2 Å². The molecule has 0 aliphatic heterocycles. The normalized spacial score (nSPS) is 10.5. The zero-order valence-corrected chi connectivity index (χ0v) is 17.3. The summed E-state index contributed by atoms with van der Waals surface area (Å²) in [6.07, 6.45) is 0. The Morgan fingerprint density at radius 3 is 1.94 bits per heavy atom. The fraction of sp³-hybridized carbons (Fsp3) is 0. The fourth-order valence-electron chi connectivity index (χ4n) is 2.60. The van der Waals surface area contributed by atoms with Gasteiger partial charge in [-0.25, -0.2) is 10.3 Å². The van der Waals surface area contributed by atoms with Crippen LogP contribution in [-0.2, 0) is 4.84 Å². The molecule has 1 N–H and O–H groups in total. The third-order valence-corrected chi connectivity index (χ3v) is 4.32. The summed E-state index contributed by atoms with van der Waals surface area (Å²) in [6.45, 7) is 0. The monoisotopic (exact) mass is 480 g/mol. The number of non-ortho nitro benzene ring substituents is 2. The smallest absolute Gasteiger partial charge is 0.338 e. The average Bonchev–Trinajstić information content (AvgIpc) is 2.86. The van der Waals surface area contributed by atoms with Crippen molar-refractivity contribution in [1.82, 2.24) is 0 Å². The van der Waals surface area contributed by atoms with Gasteiger partial charge in [0.2, 0.25) is 0 Å². The molecular weight excluding hydrogens is 468 g/mol. The second kappa shape index (κ2) is 10.3. The molecule has 0 heterocycles. The number of carbonyl (C=O) groups excluding carboxylic acids is 2. The Morgan fingerprint density at radius 1 is 0.771 bits per heavy atom. The third kappa shape index (κ3) is 6.01. The van der Waals surface area contributed by atoms with Gasteiger partial charge in [-0.2, -0.15) is 0 Å². The maximum absolute atomic E-state index is 12.2. The summed E-state index contributed by atoms with van der Waals surface area (Å²) in [5.41, 5.74) is 0.964. The maximum atomic E-state index is 12.2. The van der Waals surface area contributed by atoms with Gasteiger partial charge >= 0.3 is 11.9 Å². The number of hydrogen-bond acceptors (Lipinski definition) is 11. The van der Waals surface area contributed by atoms with Crippen LogP contribution in [0.2, 0.25) is 0 Å². The van der Waals surface area contributed by atoms with E-state index < -0.39 is 43.6 Å². The summed E-state index contributed by atoms with van der Waals surface area (Å²) in [5, 5.41) is 39.7. The Kier molecular flexibility index (Phi) is 7.11. The molecule has 0 unspecified atom stereocenters. The van der Waals surface area contributed by atoms with E-state index in [-0.39, 0.29) is 16.9 Å². The lowest BCUT2D eigenvalue weighted by Crippen LogP contribution is -2.10. The number of nitro groups is 3. The maximum Gasteiger partial charge on any atom is 0.362 e. The van der Waals surface area contributed by atoms with Crippen molar-refractivity contribution in [1.29, 1.82) is 0 Å². The van der Waals surface area contributed by atoms with E-state index in [1.807, 2.05) is 0 Å². The molecule has 15 heteroatoms. The van der Waals surface area contributed by atoms with E-state index in [1.54, 1.807) is 0 Å². The van der Waals surface area contributed by atoms with Crippen molar-refractivity contribution >= 4 is 40.3 Å². The van der Waals surface area contributed by atoms with Gasteiger partial charge in [-0.05, 0) is 42.5 Å². The van der Waals surface area contributed by atoms with Crippen molar-refractivity contribution in [3.8, 4) is 0 Å². The topological polar surface area (TPSA) is 210 Å². The Balaban J connectivity index is 1.63. The number of nitro benzene ring substituents is 3. The largest absolute Gasteiger partial charge is 0.362 e. The van der Waals surface area contributed by atoms with Crippen molar-refractivity contribution < 1.29 is 29.2 Å². The first kappa shape index (κ1) is 24.1. The van der Waals surface area contributed by atoms with Crippen LogP contribution in [-0.4, -0.2) is 26.6 Å². The molecule has 0 bridgehead atoms. The molecular formula is C20H12N6O9. The summed E-state index contributed by atoms with van der Waals surface area (Å²) in [4.78, 5) is 59.3. The number of nitrogens with one attached hydrogen (secondary N) is 1. The molecule has 3 rings (SSSR count). The lowest BCUT2D eigenvalue weighted by atomic mass is 10.1. The number of rotatable bonds is 8. The molecule has 0 spiro atoms. The highest BCUT2D eigenvalue weighted by molar-refractivity contribution is 5.99. The SMILES string of the molecule is O=C(ONc1ccc(N=NC(=O)c2ccc([N+](=O)[O-])cc2[N+](=O)[O-])cc1)c1ccc([N+](=O)[O-])cc1. The first-order valence-electron chi connectivity index (χ1n) is 9.36. The van der Waals surface area contributed by atoms with Crippen LogP contribution in [0.25, 0.3) is 0 Å². The van der Waals surface area contributed by atoms with E-state index >= 15 is 0 Å². The fourth-order valence-corrected chi connectivity index (χ4v) is 2.60. The van der Waals surface area contributed by atoms with E-state index in [9.17, 15) is 39.9 Å². The average molecular weight is 480 g/mol. The zero-order chi connectivity index (χ0) is 25.5. The number of amides is 1. The highest BCUT2D eigenvalue weighted by atomic mass is 16.7. The Morgan fingerprint density at radius 2 is 1.37 bits per heavy atom. The molecule has 0 aromatic heterocycles. The third-order valence-electron chi connectivity index (χ3n) is 4.32. The number of azo groups is 1. The molecule has 0 radical (unpaired) electrons. The van der Waals surface area contributed by atoms with Crippen molar-refractivity contribution in [2.75, 3.05) is 5.48 Å². The van der Waals surface area contributed by atoms with E-state index in [0.29, 0.717) is 11.8 Å². The van der Waals surface area contributed by atoms with Gasteiger partial charge in [0, 0.05) is 18.2 Å². The highest BCUT2D eigenvalue weighted by Gasteiger charge is 2.24. The molecule has 176 valence electrons. The van der Waals surface area contributed by atoms with Crippen LogP contribution in [0, 0.1) is 30.3 Å². The van der Waals surface area contributed by atoms with Crippen LogP contribution < -0.4 is 5.48 Å². The predicted molar refractivity (Wildman–Crippen MR) is 117 cm³/mol. The van der Waals surface area contributed by atoms with Gasteiger partial charge in [0.05, 0.1) is 37.8 Å². The molecule has 0 atom stereocenters. The second-order valence-corrected chi connectivity index (χ2v) is 6.56. The summed E-state index contributed by atoms with van der Waals surface area (Å²) >= 11 is 0. The number of nitrogens with zero attached hydrogens (tertiary/aromatic N) is 5. The van der Waals surface area contributed by atoms with E-state index in [0.717, 1.165) is 24.3 Å². The molecule has 0 aliphatic rings. The summed E-state index contributed by atoms with van der Waals surface area (Å²) in [7, 11) is 0. The van der Waals surface area contributed by atoms with Gasteiger partial charge in [-0.3, -0.25) is 35.1 Å². The Bertz CT molecular complexity index is 1350. The van der Waals surface area contributed by atoms with Crippen LogP contribution >= 0.6 is 0 Å². The van der Waals surface area contributed by atoms with Gasteiger partial charge < -0.3 is 4.84 Å². The van der Waals surface area contributed by atoms with Crippen LogP contribution in [0.3, 0.4) is 0 Å². The first-order chi connectivity index (χ1) is 16.7. The molecule has 35 heavy (non-hydrogen) atoms. The summed E-state index contributed by atoms with van der Waals surface area (Å²) in [5.74, 6) is -1.87. The highest BCUT2D eigenvalue weighted by Crippen LogP contribution is 2.26. The Hall–Kier alpha value is -5.60. The number of anilines is 1. The summed E-state index contributed by atoms with van der Waals surface area (Å²) < 4.78 is 0. The minimum atomic E-state index is -1.08. The van der Waals surface area contributed by atoms with Gasteiger partial charge in [-0.1, -0.05) is 0 Å². The van der Waals surface area contributed by atoms with Crippen LogP contribution in [0.4, 0.5) is 28.4 Å². The number of carbonyl (C=O) groups is 2. The number of hydrogen-bond donors (Lipinski definition) is 1. The lowest BCUT2D eigenvalue weighted by Gasteiger charge is -2.06. The van der Waals surface area contributed by atoms with Crippen molar-refractivity contribution in [3.63, 3.8) is 0 Å². The predicted octanol–water partition coefficient (Wildman–Crippen LogP) is 4.52. The number of benzene rings is 3. The van der Waals surface area contributed by atoms with Crippen molar-refractivity contribution in [3.05, 3.63) is 108 Å². The van der Waals surface area contributed by atoms with Gasteiger partial charge in [0.25, 0.3) is 17.1 Å². The van der Waals surface area contributed by atoms with E-state index in [4.69, 9.17) is 4.84 Å². The molecule has 0 saturated heterocycles. The zero-order valence-electron chi connectivity index (χ0n) is 17.3. The van der Waals surface area contributed by atoms with Crippen LogP contribution in [0.15, 0.2) is 77.0 Å². The van der Waals surface area contributed by atoms with Gasteiger partial charge in [-0.15, -0.1) is 10.2 Å². The van der Waals surface area contributed by atoms with Crippen molar-refractivity contribution in [2.45, 2.75) is 0 Å². The molecule has 3 aromatic rings. The quantitative estimate of drug-likeness (QED) is 0.270. The molecule has 0 fully saturated rings. The van der Waals surface area contributed by atoms with Gasteiger partial charge in [0.1, 0.15) is 5.56 Å². The van der Waals surface area contributed by atoms with E-state index in [1.165, 1.54) is 36.4 Å². The summed E-state index contributed by atoms with van der Waals surface area (Å²) in [6, 6.07) is 12.9. The molecule has 3 aromatic carbocycles. The second-order valence-electron chi connectivity index (χ2n) is 6.56. The first-order valence-corrected chi connectivity index (χ1v) is 9.36. The Labute approximate surface area is 194 Å².